The van der Waals surface area contributed by atoms with Crippen molar-refractivity contribution in [2.75, 3.05) is 26.2 Å². The fraction of sp³-hybridized carbons (Fsp3) is 1.00. The summed E-state index contributed by atoms with van der Waals surface area (Å²) >= 11 is 0. The summed E-state index contributed by atoms with van der Waals surface area (Å²) in [6.45, 7) is 9.40. The van der Waals surface area contributed by atoms with E-state index in [9.17, 15) is 0 Å². The molecular formula is C12H25N3. The molecule has 1 heterocycles. The third-order valence-corrected chi connectivity index (χ3v) is 4.08. The summed E-state index contributed by atoms with van der Waals surface area (Å²) in [5, 5.41) is 0. The van der Waals surface area contributed by atoms with Crippen LogP contribution in [-0.4, -0.2) is 54.1 Å². The van der Waals surface area contributed by atoms with Crippen LogP contribution in [-0.2, 0) is 0 Å². The van der Waals surface area contributed by atoms with Gasteiger partial charge in [-0.25, -0.2) is 0 Å². The lowest BCUT2D eigenvalue weighted by Gasteiger charge is -2.40. The Bertz CT molecular complexity index is 195. The zero-order valence-corrected chi connectivity index (χ0v) is 10.2. The van der Waals surface area contributed by atoms with Crippen LogP contribution in [0.15, 0.2) is 0 Å². The number of nitrogens with zero attached hydrogens (tertiary/aromatic N) is 2. The molecule has 1 saturated heterocycles. The molecule has 2 rings (SSSR count). The third kappa shape index (κ3) is 2.71. The zero-order valence-electron chi connectivity index (χ0n) is 10.2. The second-order valence-corrected chi connectivity index (χ2v) is 5.12. The summed E-state index contributed by atoms with van der Waals surface area (Å²) in [6, 6.07) is 1.83. The van der Waals surface area contributed by atoms with Crippen LogP contribution in [0, 0.1) is 0 Å². The van der Waals surface area contributed by atoms with Crippen molar-refractivity contribution in [3.63, 3.8) is 0 Å². The summed E-state index contributed by atoms with van der Waals surface area (Å²) < 4.78 is 0. The molecule has 2 fully saturated rings. The Morgan fingerprint density at radius 2 is 1.80 bits per heavy atom. The van der Waals surface area contributed by atoms with Gasteiger partial charge in [0, 0.05) is 44.3 Å². The Balaban J connectivity index is 1.76. The van der Waals surface area contributed by atoms with E-state index in [2.05, 4.69) is 23.6 Å². The van der Waals surface area contributed by atoms with Gasteiger partial charge >= 0.3 is 0 Å². The second-order valence-electron chi connectivity index (χ2n) is 5.12. The predicted molar refractivity (Wildman–Crippen MR) is 63.9 cm³/mol. The van der Waals surface area contributed by atoms with E-state index in [4.69, 9.17) is 5.73 Å². The van der Waals surface area contributed by atoms with Crippen LogP contribution in [0.4, 0.5) is 0 Å². The van der Waals surface area contributed by atoms with Crippen LogP contribution < -0.4 is 5.73 Å². The van der Waals surface area contributed by atoms with Gasteiger partial charge < -0.3 is 5.73 Å². The van der Waals surface area contributed by atoms with Crippen LogP contribution >= 0.6 is 0 Å². The standard InChI is InChI=1S/C12H25N3/c1-3-12(13)10(2)14-6-8-15(9-7-14)11-4-5-11/h10-12H,3-9,13H2,1-2H3. The SMILES string of the molecule is CCC(N)C(C)N1CCN(C2CC2)CC1. The Labute approximate surface area is 93.6 Å². The van der Waals surface area contributed by atoms with Gasteiger partial charge in [-0.2, -0.15) is 0 Å². The Morgan fingerprint density at radius 1 is 1.20 bits per heavy atom. The largest absolute Gasteiger partial charge is 0.326 e. The van der Waals surface area contributed by atoms with Gasteiger partial charge in [0.15, 0.2) is 0 Å². The minimum absolute atomic E-state index is 0.345. The molecular weight excluding hydrogens is 186 g/mol. The Kier molecular flexibility index (Phi) is 3.65. The molecule has 0 aromatic rings. The fourth-order valence-corrected chi connectivity index (χ4v) is 2.56. The van der Waals surface area contributed by atoms with E-state index in [1.807, 2.05) is 0 Å². The quantitative estimate of drug-likeness (QED) is 0.749. The Hall–Kier alpha value is -0.120. The van der Waals surface area contributed by atoms with E-state index in [1.54, 1.807) is 0 Å². The minimum Gasteiger partial charge on any atom is -0.326 e. The molecule has 0 aromatic carbocycles. The number of nitrogens with two attached hydrogens (primary N) is 1. The third-order valence-electron chi connectivity index (χ3n) is 4.08. The smallest absolute Gasteiger partial charge is 0.0219 e. The van der Waals surface area contributed by atoms with Gasteiger partial charge in [-0.15, -0.1) is 0 Å². The molecule has 0 amide bonds. The highest BCUT2D eigenvalue weighted by molar-refractivity contribution is 4.89. The van der Waals surface area contributed by atoms with Crippen molar-refractivity contribution in [2.24, 2.45) is 5.73 Å². The molecule has 0 spiro atoms. The highest BCUT2D eigenvalue weighted by atomic mass is 15.3. The maximum Gasteiger partial charge on any atom is 0.0219 e. The number of hydrogen-bond acceptors (Lipinski definition) is 3. The summed E-state index contributed by atoms with van der Waals surface area (Å²) in [6.07, 6.45) is 3.96. The predicted octanol–water partition coefficient (Wildman–Crippen LogP) is 0.892. The van der Waals surface area contributed by atoms with Crippen molar-refractivity contribution in [3.8, 4) is 0 Å². The summed E-state index contributed by atoms with van der Waals surface area (Å²) in [5.41, 5.74) is 6.10. The van der Waals surface area contributed by atoms with E-state index in [-0.39, 0.29) is 0 Å². The average Bonchev–Trinajstić information content (AvgIpc) is 3.11. The topological polar surface area (TPSA) is 32.5 Å². The lowest BCUT2D eigenvalue weighted by Crippen LogP contribution is -2.54. The van der Waals surface area contributed by atoms with Crippen LogP contribution in [0.5, 0.6) is 0 Å². The van der Waals surface area contributed by atoms with Crippen molar-refractivity contribution < 1.29 is 0 Å². The van der Waals surface area contributed by atoms with Crippen LogP contribution in [0.2, 0.25) is 0 Å². The molecule has 2 unspecified atom stereocenters. The maximum atomic E-state index is 6.10. The van der Waals surface area contributed by atoms with Crippen LogP contribution in [0.25, 0.3) is 0 Å². The average molecular weight is 211 g/mol. The number of hydrogen-bond donors (Lipinski definition) is 1. The molecule has 2 atom stereocenters. The lowest BCUT2D eigenvalue weighted by molar-refractivity contribution is 0.0870. The first kappa shape index (κ1) is 11.4. The molecule has 3 nitrogen and oxygen atoms in total. The van der Waals surface area contributed by atoms with E-state index >= 15 is 0 Å². The van der Waals surface area contributed by atoms with Gasteiger partial charge in [-0.05, 0) is 26.2 Å². The normalized spacial score (nSPS) is 29.0. The monoisotopic (exact) mass is 211 g/mol. The first-order valence-electron chi connectivity index (χ1n) is 6.46. The first-order valence-corrected chi connectivity index (χ1v) is 6.46. The van der Waals surface area contributed by atoms with Gasteiger partial charge in [0.2, 0.25) is 0 Å². The van der Waals surface area contributed by atoms with Crippen molar-refractivity contribution in [1.82, 2.24) is 9.80 Å². The van der Waals surface area contributed by atoms with Gasteiger partial charge in [0.1, 0.15) is 0 Å². The molecule has 1 saturated carbocycles. The summed E-state index contributed by atoms with van der Waals surface area (Å²) in [7, 11) is 0. The number of rotatable bonds is 4. The van der Waals surface area contributed by atoms with Crippen molar-refractivity contribution in [3.05, 3.63) is 0 Å². The molecule has 0 aromatic heterocycles. The van der Waals surface area contributed by atoms with Crippen LogP contribution in [0.1, 0.15) is 33.1 Å². The lowest BCUT2D eigenvalue weighted by atomic mass is 10.1. The molecule has 1 aliphatic carbocycles. The molecule has 0 radical (unpaired) electrons. The van der Waals surface area contributed by atoms with Gasteiger partial charge in [-0.1, -0.05) is 6.92 Å². The maximum absolute atomic E-state index is 6.10. The van der Waals surface area contributed by atoms with E-state index < -0.39 is 0 Å². The van der Waals surface area contributed by atoms with Crippen LogP contribution in [0.3, 0.4) is 0 Å². The Morgan fingerprint density at radius 3 is 2.27 bits per heavy atom. The fourth-order valence-electron chi connectivity index (χ4n) is 2.56. The molecule has 2 aliphatic rings. The summed E-state index contributed by atoms with van der Waals surface area (Å²) in [5.74, 6) is 0. The summed E-state index contributed by atoms with van der Waals surface area (Å²) in [4.78, 5) is 5.22. The molecule has 2 N–H and O–H groups in total. The van der Waals surface area contributed by atoms with E-state index in [1.165, 1.54) is 39.0 Å². The molecule has 3 heteroatoms. The van der Waals surface area contributed by atoms with E-state index in [0.29, 0.717) is 12.1 Å². The van der Waals surface area contributed by atoms with E-state index in [0.717, 1.165) is 12.5 Å². The first-order chi connectivity index (χ1) is 7.22. The highest BCUT2D eigenvalue weighted by Gasteiger charge is 2.32. The highest BCUT2D eigenvalue weighted by Crippen LogP contribution is 2.27. The van der Waals surface area contributed by atoms with Gasteiger partial charge in [0.25, 0.3) is 0 Å². The molecule has 0 bridgehead atoms. The zero-order chi connectivity index (χ0) is 10.8. The molecule has 1 aliphatic heterocycles. The number of piperazine rings is 1. The molecule has 88 valence electrons. The van der Waals surface area contributed by atoms with Crippen molar-refractivity contribution in [2.45, 2.75) is 51.2 Å². The molecule has 15 heavy (non-hydrogen) atoms. The van der Waals surface area contributed by atoms with Gasteiger partial charge in [-0.3, -0.25) is 9.80 Å². The van der Waals surface area contributed by atoms with Crippen molar-refractivity contribution in [1.29, 1.82) is 0 Å². The second kappa shape index (κ2) is 4.81. The van der Waals surface area contributed by atoms with Crippen molar-refractivity contribution >= 4 is 0 Å². The minimum atomic E-state index is 0.345. The van der Waals surface area contributed by atoms with Gasteiger partial charge in [0.05, 0.1) is 0 Å².